The summed E-state index contributed by atoms with van der Waals surface area (Å²) in [6.45, 7) is 1.77. The summed E-state index contributed by atoms with van der Waals surface area (Å²) in [5.74, 6) is -0.404. The van der Waals surface area contributed by atoms with Crippen LogP contribution in [0.3, 0.4) is 0 Å². The molecular formula is C17H17N5O3S. The van der Waals surface area contributed by atoms with Crippen LogP contribution in [0.15, 0.2) is 35.5 Å². The number of aromatic nitrogens is 3. The molecule has 3 heterocycles. The van der Waals surface area contributed by atoms with E-state index in [-0.39, 0.29) is 16.7 Å². The van der Waals surface area contributed by atoms with E-state index in [1.165, 1.54) is 6.07 Å². The number of amides is 1. The number of aryl methyl sites for hydroxylation is 1. The van der Waals surface area contributed by atoms with Gasteiger partial charge in [-0.2, -0.15) is 5.10 Å². The first-order chi connectivity index (χ1) is 12.4. The molecule has 1 aliphatic heterocycles. The maximum Gasteiger partial charge on any atom is 0.255 e. The van der Waals surface area contributed by atoms with Crippen LogP contribution in [0.2, 0.25) is 0 Å². The van der Waals surface area contributed by atoms with Gasteiger partial charge >= 0.3 is 0 Å². The Morgan fingerprint density at radius 3 is 3.00 bits per heavy atom. The minimum atomic E-state index is -3.43. The van der Waals surface area contributed by atoms with Crippen molar-refractivity contribution in [3.05, 3.63) is 47.3 Å². The normalized spacial score (nSPS) is 18.5. The molecule has 3 aromatic rings. The topological polar surface area (TPSA) is 131 Å². The van der Waals surface area contributed by atoms with E-state index in [4.69, 9.17) is 5.73 Å². The lowest BCUT2D eigenvalue weighted by Crippen LogP contribution is -2.26. The smallest absolute Gasteiger partial charge is 0.255 e. The van der Waals surface area contributed by atoms with Crippen LogP contribution in [0, 0.1) is 6.92 Å². The van der Waals surface area contributed by atoms with E-state index < -0.39 is 15.7 Å². The minimum absolute atomic E-state index is 0.00865. The molecule has 8 nitrogen and oxygen atoms in total. The van der Waals surface area contributed by atoms with Gasteiger partial charge in [0.25, 0.3) is 5.91 Å². The Hall–Kier alpha value is -2.78. The number of pyridine rings is 1. The highest BCUT2D eigenvalue weighted by molar-refractivity contribution is 7.91. The number of aromatic amines is 1. The summed E-state index contributed by atoms with van der Waals surface area (Å²) in [7, 11) is -3.43. The fourth-order valence-electron chi connectivity index (χ4n) is 3.21. The molecule has 0 radical (unpaired) electrons. The van der Waals surface area contributed by atoms with Crippen molar-refractivity contribution in [1.29, 1.82) is 0 Å². The van der Waals surface area contributed by atoms with E-state index in [2.05, 4.69) is 20.5 Å². The average molecular weight is 371 g/mol. The predicted octanol–water partition coefficient (Wildman–Crippen LogP) is 1.70. The molecule has 134 valence electrons. The van der Waals surface area contributed by atoms with Crippen LogP contribution in [0.1, 0.15) is 33.9 Å². The number of hydrogen-bond donors (Lipinski definition) is 3. The van der Waals surface area contributed by atoms with Crippen molar-refractivity contribution < 1.29 is 13.2 Å². The zero-order valence-corrected chi connectivity index (χ0v) is 14.8. The highest BCUT2D eigenvalue weighted by atomic mass is 32.2. The molecule has 26 heavy (non-hydrogen) atoms. The monoisotopic (exact) mass is 371 g/mol. The van der Waals surface area contributed by atoms with Gasteiger partial charge in [0.1, 0.15) is 0 Å². The van der Waals surface area contributed by atoms with Crippen molar-refractivity contribution in [3.8, 4) is 0 Å². The molecule has 1 amide bonds. The highest BCUT2D eigenvalue weighted by Crippen LogP contribution is 2.33. The molecule has 0 bridgehead atoms. The van der Waals surface area contributed by atoms with Gasteiger partial charge in [-0.05, 0) is 36.6 Å². The van der Waals surface area contributed by atoms with Crippen molar-refractivity contribution >= 4 is 32.5 Å². The molecule has 4 rings (SSSR count). The second kappa shape index (κ2) is 5.89. The van der Waals surface area contributed by atoms with Gasteiger partial charge in [0.2, 0.25) is 0 Å². The summed E-state index contributed by atoms with van der Waals surface area (Å²) in [6.07, 6.45) is 3.51. The first-order valence-corrected chi connectivity index (χ1v) is 9.74. The van der Waals surface area contributed by atoms with Gasteiger partial charge < -0.3 is 11.1 Å². The van der Waals surface area contributed by atoms with Crippen LogP contribution in [0.25, 0.3) is 11.0 Å². The summed E-state index contributed by atoms with van der Waals surface area (Å²) >= 11 is 0. The summed E-state index contributed by atoms with van der Waals surface area (Å²) in [6, 6.07) is 4.46. The number of hydrogen-bond acceptors (Lipinski definition) is 6. The number of nitrogens with zero attached hydrogens (tertiary/aromatic N) is 2. The van der Waals surface area contributed by atoms with Crippen LogP contribution in [0.5, 0.6) is 0 Å². The Balaban J connectivity index is 1.76. The largest absolute Gasteiger partial charge is 0.324 e. The summed E-state index contributed by atoms with van der Waals surface area (Å²) < 4.78 is 24.8. The van der Waals surface area contributed by atoms with E-state index in [0.29, 0.717) is 39.8 Å². The lowest BCUT2D eigenvalue weighted by molar-refractivity contribution is 0.102. The number of carbonyl (C=O) groups is 1. The molecular weight excluding hydrogens is 354 g/mol. The number of fused-ring (bicyclic) bond motifs is 2. The Labute approximate surface area is 149 Å². The molecule has 0 aliphatic carbocycles. The van der Waals surface area contributed by atoms with E-state index >= 15 is 0 Å². The van der Waals surface area contributed by atoms with Crippen LogP contribution < -0.4 is 11.1 Å². The number of benzene rings is 1. The Kier molecular flexibility index (Phi) is 3.78. The predicted molar refractivity (Wildman–Crippen MR) is 96.6 cm³/mol. The summed E-state index contributed by atoms with van der Waals surface area (Å²) in [5.41, 5.74) is 8.70. The standard InChI is InChI=1S/C17H17N5O3S/c1-9-6-11-13(18)3-5-26(24,25)15(11)7-10(9)17(23)21-14-2-4-19-16-12(14)8-20-22-16/h2,4,6-8,13H,3,5,18H2,1H3,(H2,19,20,21,22,23)/t13-/m1/s1. The Morgan fingerprint density at radius 2 is 2.19 bits per heavy atom. The maximum atomic E-state index is 12.8. The molecule has 1 aliphatic rings. The molecule has 1 atom stereocenters. The number of nitrogens with two attached hydrogens (primary N) is 1. The van der Waals surface area contributed by atoms with Crippen LogP contribution in [0.4, 0.5) is 5.69 Å². The molecule has 0 fully saturated rings. The summed E-state index contributed by atoms with van der Waals surface area (Å²) in [4.78, 5) is 17.1. The fourth-order valence-corrected chi connectivity index (χ4v) is 4.86. The average Bonchev–Trinajstić information content (AvgIpc) is 3.08. The number of carbonyl (C=O) groups excluding carboxylic acids is 1. The Bertz CT molecular complexity index is 1140. The minimum Gasteiger partial charge on any atom is -0.324 e. The number of rotatable bonds is 2. The fraction of sp³-hybridized carbons (Fsp3) is 0.235. The second-order valence-electron chi connectivity index (χ2n) is 6.36. The van der Waals surface area contributed by atoms with Crippen LogP contribution in [-0.4, -0.2) is 35.3 Å². The van der Waals surface area contributed by atoms with Crippen molar-refractivity contribution in [1.82, 2.24) is 15.2 Å². The first-order valence-electron chi connectivity index (χ1n) is 8.09. The zero-order chi connectivity index (χ0) is 18.5. The van der Waals surface area contributed by atoms with Gasteiger partial charge in [-0.1, -0.05) is 6.07 Å². The highest BCUT2D eigenvalue weighted by Gasteiger charge is 2.30. The van der Waals surface area contributed by atoms with Crippen molar-refractivity contribution in [2.75, 3.05) is 11.1 Å². The zero-order valence-electron chi connectivity index (χ0n) is 14.0. The number of H-pyrrole nitrogens is 1. The first kappa shape index (κ1) is 16.7. The molecule has 0 saturated heterocycles. The van der Waals surface area contributed by atoms with E-state index in [1.54, 1.807) is 31.5 Å². The van der Waals surface area contributed by atoms with Gasteiger partial charge in [-0.15, -0.1) is 0 Å². The molecule has 1 aromatic carbocycles. The third kappa shape index (κ3) is 2.65. The van der Waals surface area contributed by atoms with Crippen molar-refractivity contribution in [2.45, 2.75) is 24.3 Å². The van der Waals surface area contributed by atoms with Crippen molar-refractivity contribution in [3.63, 3.8) is 0 Å². The van der Waals surface area contributed by atoms with E-state index in [1.807, 2.05) is 0 Å². The molecule has 0 saturated carbocycles. The molecule has 2 aromatic heterocycles. The number of sulfone groups is 1. The van der Waals surface area contributed by atoms with Gasteiger partial charge in [-0.25, -0.2) is 13.4 Å². The third-order valence-electron chi connectivity index (χ3n) is 4.64. The van der Waals surface area contributed by atoms with Crippen molar-refractivity contribution in [2.24, 2.45) is 5.73 Å². The maximum absolute atomic E-state index is 12.8. The van der Waals surface area contributed by atoms with E-state index in [0.717, 1.165) is 0 Å². The lowest BCUT2D eigenvalue weighted by Gasteiger charge is -2.24. The van der Waals surface area contributed by atoms with Crippen LogP contribution in [-0.2, 0) is 9.84 Å². The lowest BCUT2D eigenvalue weighted by atomic mass is 9.98. The molecule has 0 spiro atoms. The van der Waals surface area contributed by atoms with Crippen LogP contribution >= 0.6 is 0 Å². The molecule has 0 unspecified atom stereocenters. The Morgan fingerprint density at radius 1 is 1.38 bits per heavy atom. The van der Waals surface area contributed by atoms with Gasteiger partial charge in [0.15, 0.2) is 15.5 Å². The van der Waals surface area contributed by atoms with Gasteiger partial charge in [0, 0.05) is 17.8 Å². The number of nitrogens with one attached hydrogen (secondary N) is 2. The van der Waals surface area contributed by atoms with E-state index in [9.17, 15) is 13.2 Å². The van der Waals surface area contributed by atoms with Gasteiger partial charge in [0.05, 0.1) is 27.9 Å². The SMILES string of the molecule is Cc1cc2c(cc1C(=O)Nc1ccnc3[nH]ncc13)S(=O)(=O)CC[C@H]2N. The molecule has 9 heteroatoms. The molecule has 4 N–H and O–H groups in total. The van der Waals surface area contributed by atoms with Gasteiger partial charge in [-0.3, -0.25) is 9.89 Å². The number of anilines is 1. The quantitative estimate of drug-likeness (QED) is 0.628. The summed E-state index contributed by atoms with van der Waals surface area (Å²) in [5, 5.41) is 10.1. The second-order valence-corrected chi connectivity index (χ2v) is 8.44. The third-order valence-corrected chi connectivity index (χ3v) is 6.43.